The molecular weight excluding hydrogens is 422 g/mol. The Balaban J connectivity index is 2.10. The smallest absolute Gasteiger partial charge is 0.329 e. The van der Waals surface area contributed by atoms with Crippen molar-refractivity contribution in [3.63, 3.8) is 0 Å². The average Bonchev–Trinajstić information content (AvgIpc) is 2.83. The molecule has 0 amide bonds. The lowest BCUT2D eigenvalue weighted by atomic mass is 9.87. The molecule has 4 rings (SSSR count). The topological polar surface area (TPSA) is 76.0 Å². The molecule has 0 N–H and O–H groups in total. The highest BCUT2D eigenvalue weighted by molar-refractivity contribution is 5.94. The molecule has 7 heteroatoms. The highest BCUT2D eigenvalue weighted by Gasteiger charge is 2.29. The normalized spacial score (nSPS) is 15.0. The van der Waals surface area contributed by atoms with Crippen LogP contribution in [0.2, 0.25) is 0 Å². The molecule has 0 bridgehead atoms. The van der Waals surface area contributed by atoms with Crippen molar-refractivity contribution in [2.45, 2.75) is 46.0 Å². The van der Waals surface area contributed by atoms with E-state index in [2.05, 4.69) is 6.92 Å². The third kappa shape index (κ3) is 4.27. The minimum absolute atomic E-state index is 0.152. The number of aromatic nitrogens is 1. The van der Waals surface area contributed by atoms with E-state index < -0.39 is 5.97 Å². The summed E-state index contributed by atoms with van der Waals surface area (Å²) >= 11 is 0. The van der Waals surface area contributed by atoms with Gasteiger partial charge in [0.05, 0.1) is 31.9 Å². The molecule has 2 heterocycles. The fourth-order valence-electron chi connectivity index (χ4n) is 4.36. The van der Waals surface area contributed by atoms with Crippen molar-refractivity contribution < 1.29 is 23.8 Å². The molecule has 1 aromatic heterocycles. The van der Waals surface area contributed by atoms with Crippen LogP contribution < -0.4 is 24.5 Å². The van der Waals surface area contributed by atoms with Gasteiger partial charge in [0.15, 0.2) is 11.2 Å². The second-order valence-electron chi connectivity index (χ2n) is 8.11. The molecule has 0 radical (unpaired) electrons. The summed E-state index contributed by atoms with van der Waals surface area (Å²) in [6, 6.07) is 9.04. The van der Waals surface area contributed by atoms with Crippen molar-refractivity contribution in [1.29, 1.82) is 0 Å². The summed E-state index contributed by atoms with van der Waals surface area (Å²) in [4.78, 5) is 31.6. The quantitative estimate of drug-likeness (QED) is 0.518. The molecule has 33 heavy (non-hydrogen) atoms. The number of pyridine rings is 1. The van der Waals surface area contributed by atoms with E-state index in [-0.39, 0.29) is 11.3 Å². The molecule has 0 saturated heterocycles. The molecule has 1 unspecified atom stereocenters. The van der Waals surface area contributed by atoms with Crippen LogP contribution in [0.4, 0.5) is 0 Å². The molecule has 7 nitrogen and oxygen atoms in total. The van der Waals surface area contributed by atoms with E-state index >= 15 is 0 Å². The van der Waals surface area contributed by atoms with Gasteiger partial charge in [-0.1, -0.05) is 26.0 Å². The lowest BCUT2D eigenvalue weighted by molar-refractivity contribution is -0.141. The SMILES string of the molecule is CCCOc1cc2c(c3c(=O)c(-c4ccc(OC)cc4)cn(OC(C)=O)c13)C(CC)CCO2. The Labute approximate surface area is 192 Å². The van der Waals surface area contributed by atoms with Crippen LogP contribution in [-0.2, 0) is 4.79 Å². The van der Waals surface area contributed by atoms with E-state index in [4.69, 9.17) is 19.0 Å². The summed E-state index contributed by atoms with van der Waals surface area (Å²) in [5.41, 5.74) is 2.26. The minimum Gasteiger partial charge on any atom is -0.497 e. The van der Waals surface area contributed by atoms with Crippen molar-refractivity contribution >= 4 is 16.9 Å². The predicted octanol–water partition coefficient (Wildman–Crippen LogP) is 4.72. The van der Waals surface area contributed by atoms with Gasteiger partial charge < -0.3 is 19.0 Å². The molecule has 1 aliphatic heterocycles. The Morgan fingerprint density at radius 3 is 2.61 bits per heavy atom. The van der Waals surface area contributed by atoms with Gasteiger partial charge >= 0.3 is 5.97 Å². The monoisotopic (exact) mass is 451 g/mol. The van der Waals surface area contributed by atoms with Gasteiger partial charge in [-0.2, -0.15) is 4.73 Å². The average molecular weight is 452 g/mol. The number of carbonyl (C=O) groups is 1. The molecule has 0 spiro atoms. The van der Waals surface area contributed by atoms with Gasteiger partial charge in [-0.05, 0) is 42.9 Å². The van der Waals surface area contributed by atoms with Crippen LogP contribution in [-0.4, -0.2) is 31.0 Å². The third-order valence-corrected chi connectivity index (χ3v) is 5.92. The van der Waals surface area contributed by atoms with Crippen molar-refractivity contribution in [2.75, 3.05) is 20.3 Å². The molecule has 1 aliphatic rings. The molecule has 3 aromatic rings. The van der Waals surface area contributed by atoms with Gasteiger partial charge in [0, 0.05) is 24.1 Å². The first-order chi connectivity index (χ1) is 16.0. The van der Waals surface area contributed by atoms with E-state index in [9.17, 15) is 9.59 Å². The van der Waals surface area contributed by atoms with Crippen molar-refractivity contribution in [1.82, 2.24) is 4.73 Å². The summed E-state index contributed by atoms with van der Waals surface area (Å²) < 4.78 is 18.6. The van der Waals surface area contributed by atoms with Crippen molar-refractivity contribution in [3.05, 3.63) is 52.3 Å². The van der Waals surface area contributed by atoms with Crippen LogP contribution in [0.1, 0.15) is 51.5 Å². The Kier molecular flexibility index (Phi) is 6.58. The van der Waals surface area contributed by atoms with Crippen molar-refractivity contribution in [3.8, 4) is 28.4 Å². The molecule has 1 atom stereocenters. The van der Waals surface area contributed by atoms with E-state index in [1.165, 1.54) is 11.7 Å². The lowest BCUT2D eigenvalue weighted by Crippen LogP contribution is -2.24. The number of methoxy groups -OCH3 is 1. The zero-order valence-corrected chi connectivity index (χ0v) is 19.5. The first-order valence-electron chi connectivity index (χ1n) is 11.3. The van der Waals surface area contributed by atoms with Crippen LogP contribution in [0.15, 0.2) is 41.3 Å². The summed E-state index contributed by atoms with van der Waals surface area (Å²) in [6.45, 7) is 6.48. The molecule has 2 aromatic carbocycles. The summed E-state index contributed by atoms with van der Waals surface area (Å²) in [6.07, 6.45) is 4.02. The summed E-state index contributed by atoms with van der Waals surface area (Å²) in [5.74, 6) is 1.46. The molecular formula is C26H29NO6. The third-order valence-electron chi connectivity index (χ3n) is 5.92. The molecule has 0 saturated carbocycles. The maximum Gasteiger partial charge on any atom is 0.329 e. The van der Waals surface area contributed by atoms with Gasteiger partial charge in [-0.15, -0.1) is 0 Å². The second-order valence-corrected chi connectivity index (χ2v) is 8.11. The number of hydrogen-bond acceptors (Lipinski definition) is 6. The van der Waals surface area contributed by atoms with Crippen LogP contribution in [0.5, 0.6) is 17.2 Å². The maximum atomic E-state index is 14.0. The Morgan fingerprint density at radius 1 is 1.21 bits per heavy atom. The van der Waals surface area contributed by atoms with Gasteiger partial charge in [0.2, 0.25) is 0 Å². The molecule has 174 valence electrons. The first kappa shape index (κ1) is 22.7. The lowest BCUT2D eigenvalue weighted by Gasteiger charge is -2.28. The maximum absolute atomic E-state index is 14.0. The number of fused-ring (bicyclic) bond motifs is 3. The van der Waals surface area contributed by atoms with Gasteiger partial charge in [0.25, 0.3) is 0 Å². The van der Waals surface area contributed by atoms with E-state index in [0.717, 1.165) is 24.8 Å². The first-order valence-corrected chi connectivity index (χ1v) is 11.3. The van der Waals surface area contributed by atoms with Crippen molar-refractivity contribution in [2.24, 2.45) is 0 Å². The minimum atomic E-state index is -0.497. The number of ether oxygens (including phenoxy) is 3. The largest absolute Gasteiger partial charge is 0.497 e. The van der Waals surface area contributed by atoms with Gasteiger partial charge in [0.1, 0.15) is 17.0 Å². The van der Waals surface area contributed by atoms with Crippen LogP contribution in [0.3, 0.4) is 0 Å². The van der Waals surface area contributed by atoms with E-state index in [1.807, 2.05) is 25.1 Å². The second kappa shape index (κ2) is 9.57. The number of benzene rings is 2. The molecule has 0 fully saturated rings. The highest BCUT2D eigenvalue weighted by atomic mass is 16.7. The van der Waals surface area contributed by atoms with Crippen LogP contribution in [0.25, 0.3) is 22.0 Å². The van der Waals surface area contributed by atoms with Crippen LogP contribution >= 0.6 is 0 Å². The van der Waals surface area contributed by atoms with Gasteiger partial charge in [-0.25, -0.2) is 4.79 Å². The Bertz CT molecular complexity index is 1230. The highest BCUT2D eigenvalue weighted by Crippen LogP contribution is 2.44. The summed E-state index contributed by atoms with van der Waals surface area (Å²) in [7, 11) is 1.59. The van der Waals surface area contributed by atoms with E-state index in [1.54, 1.807) is 25.4 Å². The Morgan fingerprint density at radius 2 is 1.97 bits per heavy atom. The summed E-state index contributed by atoms with van der Waals surface area (Å²) in [5, 5.41) is 0.472. The standard InChI is InChI=1S/C26H29NO6/c1-5-12-31-22-14-21-23(17(6-2)11-13-32-21)24-25(22)27(33-16(3)28)15-20(26(24)29)18-7-9-19(30-4)10-8-18/h7-10,14-15,17H,5-6,11-13H2,1-4H3. The van der Waals surface area contributed by atoms with Gasteiger partial charge in [-0.3, -0.25) is 4.79 Å². The number of carbonyl (C=O) groups excluding carboxylic acids is 1. The molecule has 0 aliphatic carbocycles. The van der Waals surface area contributed by atoms with E-state index in [0.29, 0.717) is 52.5 Å². The fraction of sp³-hybridized carbons (Fsp3) is 0.385. The number of rotatable bonds is 7. The number of nitrogens with zero attached hydrogens (tertiary/aromatic N) is 1. The zero-order valence-electron chi connectivity index (χ0n) is 19.5. The number of hydrogen-bond donors (Lipinski definition) is 0. The van der Waals surface area contributed by atoms with Crippen LogP contribution in [0, 0.1) is 0 Å². The fourth-order valence-corrected chi connectivity index (χ4v) is 4.36. The predicted molar refractivity (Wildman–Crippen MR) is 126 cm³/mol. The zero-order chi connectivity index (χ0) is 23.5. The Hall–Kier alpha value is -3.48.